The van der Waals surface area contributed by atoms with E-state index in [4.69, 9.17) is 0 Å². The number of hydrogen-bond donors (Lipinski definition) is 1. The standard InChI is InChI=1S/C21H24N2O5S/c1-28-21(25)18-6-4-16(5-7-18)12-13-22-20(24)17-8-10-19(11-9-17)29(26,27)23-14-2-3-15-23/h4-11H,2-3,12-15H2,1H3,(H,22,24). The van der Waals surface area contributed by atoms with Crippen molar-refractivity contribution < 1.29 is 22.7 Å². The van der Waals surface area contributed by atoms with E-state index in [2.05, 4.69) is 10.1 Å². The Morgan fingerprint density at radius 3 is 2.14 bits per heavy atom. The van der Waals surface area contributed by atoms with E-state index < -0.39 is 10.0 Å². The first-order valence-electron chi connectivity index (χ1n) is 9.47. The summed E-state index contributed by atoms with van der Waals surface area (Å²) in [6, 6.07) is 13.0. The predicted octanol–water partition coefficient (Wildman–Crippen LogP) is 2.23. The van der Waals surface area contributed by atoms with Gasteiger partial charge >= 0.3 is 5.97 Å². The van der Waals surface area contributed by atoms with Crippen molar-refractivity contribution in [2.24, 2.45) is 0 Å². The summed E-state index contributed by atoms with van der Waals surface area (Å²) in [5, 5.41) is 2.82. The van der Waals surface area contributed by atoms with Crippen LogP contribution < -0.4 is 5.32 Å². The minimum atomic E-state index is -3.48. The second-order valence-corrected chi connectivity index (χ2v) is 8.77. The maximum Gasteiger partial charge on any atom is 0.337 e. The van der Waals surface area contributed by atoms with E-state index in [9.17, 15) is 18.0 Å². The van der Waals surface area contributed by atoms with Crippen LogP contribution in [0.3, 0.4) is 0 Å². The van der Waals surface area contributed by atoms with Crippen molar-refractivity contribution in [3.63, 3.8) is 0 Å². The number of carbonyl (C=O) groups excluding carboxylic acids is 2. The first-order chi connectivity index (χ1) is 13.9. The number of nitrogens with zero attached hydrogens (tertiary/aromatic N) is 1. The Hall–Kier alpha value is -2.71. The maximum absolute atomic E-state index is 12.5. The van der Waals surface area contributed by atoms with Gasteiger partial charge in [-0.2, -0.15) is 4.31 Å². The quantitative estimate of drug-likeness (QED) is 0.699. The van der Waals surface area contributed by atoms with Crippen LogP contribution >= 0.6 is 0 Å². The largest absolute Gasteiger partial charge is 0.465 e. The first kappa shape index (κ1) is 21.0. The molecule has 2 aromatic rings. The van der Waals surface area contributed by atoms with Gasteiger partial charge in [0.05, 0.1) is 17.6 Å². The predicted molar refractivity (Wildman–Crippen MR) is 108 cm³/mol. The molecule has 1 fully saturated rings. The van der Waals surface area contributed by atoms with Gasteiger partial charge in [-0.15, -0.1) is 0 Å². The van der Waals surface area contributed by atoms with Crippen molar-refractivity contribution in [2.75, 3.05) is 26.7 Å². The Morgan fingerprint density at radius 2 is 1.55 bits per heavy atom. The van der Waals surface area contributed by atoms with Crippen LogP contribution in [0.5, 0.6) is 0 Å². The fourth-order valence-electron chi connectivity index (χ4n) is 3.20. The van der Waals surface area contributed by atoms with Crippen LogP contribution in [0.2, 0.25) is 0 Å². The summed E-state index contributed by atoms with van der Waals surface area (Å²) in [5.74, 6) is -0.652. The van der Waals surface area contributed by atoms with Crippen LogP contribution in [0.1, 0.15) is 39.1 Å². The van der Waals surface area contributed by atoms with Gasteiger partial charge in [-0.05, 0) is 61.2 Å². The molecule has 0 bridgehead atoms. The van der Waals surface area contributed by atoms with Crippen LogP contribution in [0, 0.1) is 0 Å². The molecule has 0 aliphatic carbocycles. The summed E-state index contributed by atoms with van der Waals surface area (Å²) in [6.07, 6.45) is 2.37. The van der Waals surface area contributed by atoms with Gasteiger partial charge in [0.25, 0.3) is 5.91 Å². The fraction of sp³-hybridized carbons (Fsp3) is 0.333. The number of nitrogens with one attached hydrogen (secondary N) is 1. The molecule has 29 heavy (non-hydrogen) atoms. The van der Waals surface area contributed by atoms with Gasteiger partial charge in [-0.3, -0.25) is 4.79 Å². The third kappa shape index (κ3) is 5.02. The number of ether oxygens (including phenoxy) is 1. The molecule has 1 aliphatic heterocycles. The lowest BCUT2D eigenvalue weighted by Crippen LogP contribution is -2.28. The lowest BCUT2D eigenvalue weighted by atomic mass is 10.1. The highest BCUT2D eigenvalue weighted by atomic mass is 32.2. The maximum atomic E-state index is 12.5. The highest BCUT2D eigenvalue weighted by Gasteiger charge is 2.27. The number of esters is 1. The van der Waals surface area contributed by atoms with Crippen LogP contribution in [0.4, 0.5) is 0 Å². The summed E-state index contributed by atoms with van der Waals surface area (Å²) in [5.41, 5.74) is 1.86. The second kappa shape index (κ2) is 9.19. The van der Waals surface area contributed by atoms with Crippen LogP contribution in [-0.2, 0) is 21.2 Å². The molecule has 0 atom stereocenters. The molecule has 1 N–H and O–H groups in total. The zero-order valence-corrected chi connectivity index (χ0v) is 17.1. The molecule has 0 radical (unpaired) electrons. The highest BCUT2D eigenvalue weighted by molar-refractivity contribution is 7.89. The van der Waals surface area contributed by atoms with E-state index in [0.29, 0.717) is 37.2 Å². The summed E-state index contributed by atoms with van der Waals surface area (Å²) < 4.78 is 31.2. The van der Waals surface area contributed by atoms with E-state index in [1.54, 1.807) is 12.1 Å². The number of hydrogen-bond acceptors (Lipinski definition) is 5. The Morgan fingerprint density at radius 1 is 0.966 bits per heavy atom. The molecular weight excluding hydrogens is 392 g/mol. The average Bonchev–Trinajstić information content (AvgIpc) is 3.29. The number of rotatable bonds is 7. The Labute approximate surface area is 170 Å². The molecule has 0 aromatic heterocycles. The van der Waals surface area contributed by atoms with Gasteiger partial charge in [0, 0.05) is 25.2 Å². The number of sulfonamides is 1. The number of carbonyl (C=O) groups is 2. The normalized spacial score (nSPS) is 14.5. The third-order valence-corrected chi connectivity index (χ3v) is 6.81. The van der Waals surface area contributed by atoms with E-state index in [0.717, 1.165) is 18.4 Å². The molecule has 1 amide bonds. The lowest BCUT2D eigenvalue weighted by molar-refractivity contribution is 0.0600. The first-order valence-corrected chi connectivity index (χ1v) is 10.9. The van der Waals surface area contributed by atoms with Gasteiger partial charge in [-0.25, -0.2) is 13.2 Å². The van der Waals surface area contributed by atoms with Crippen molar-refractivity contribution in [2.45, 2.75) is 24.2 Å². The van der Waals surface area contributed by atoms with E-state index in [1.165, 1.54) is 35.7 Å². The zero-order chi connectivity index (χ0) is 20.9. The average molecular weight is 416 g/mol. The summed E-state index contributed by atoms with van der Waals surface area (Å²) in [7, 11) is -2.14. The molecule has 0 saturated carbocycles. The molecular formula is C21H24N2O5S. The summed E-state index contributed by atoms with van der Waals surface area (Å²) in [4.78, 5) is 23.9. The number of benzene rings is 2. The van der Waals surface area contributed by atoms with Gasteiger partial charge in [-0.1, -0.05) is 12.1 Å². The highest BCUT2D eigenvalue weighted by Crippen LogP contribution is 2.21. The van der Waals surface area contributed by atoms with Gasteiger partial charge < -0.3 is 10.1 Å². The van der Waals surface area contributed by atoms with E-state index in [1.807, 2.05) is 12.1 Å². The summed E-state index contributed by atoms with van der Waals surface area (Å²) in [6.45, 7) is 1.51. The topological polar surface area (TPSA) is 92.8 Å². The molecule has 1 saturated heterocycles. The third-order valence-electron chi connectivity index (χ3n) is 4.89. The van der Waals surface area contributed by atoms with Gasteiger partial charge in [0.15, 0.2) is 0 Å². The Bertz CT molecular complexity index is 963. The SMILES string of the molecule is COC(=O)c1ccc(CCNC(=O)c2ccc(S(=O)(=O)N3CCCC3)cc2)cc1. The molecule has 154 valence electrons. The second-order valence-electron chi connectivity index (χ2n) is 6.83. The van der Waals surface area contributed by atoms with Crippen molar-refractivity contribution >= 4 is 21.9 Å². The molecule has 0 unspecified atom stereocenters. The van der Waals surface area contributed by atoms with E-state index in [-0.39, 0.29) is 16.8 Å². The Kier molecular flexibility index (Phi) is 6.66. The van der Waals surface area contributed by atoms with Crippen LogP contribution in [0.15, 0.2) is 53.4 Å². The van der Waals surface area contributed by atoms with E-state index >= 15 is 0 Å². The Balaban J connectivity index is 1.54. The number of methoxy groups -OCH3 is 1. The fourth-order valence-corrected chi connectivity index (χ4v) is 4.72. The monoisotopic (exact) mass is 416 g/mol. The lowest BCUT2D eigenvalue weighted by Gasteiger charge is -2.15. The van der Waals surface area contributed by atoms with Crippen molar-refractivity contribution in [3.05, 3.63) is 65.2 Å². The summed E-state index contributed by atoms with van der Waals surface area (Å²) >= 11 is 0. The van der Waals surface area contributed by atoms with Gasteiger partial charge in [0.2, 0.25) is 10.0 Å². The van der Waals surface area contributed by atoms with Crippen molar-refractivity contribution in [3.8, 4) is 0 Å². The molecule has 2 aromatic carbocycles. The molecule has 8 heteroatoms. The minimum absolute atomic E-state index is 0.210. The van der Waals surface area contributed by atoms with Crippen LogP contribution in [0.25, 0.3) is 0 Å². The van der Waals surface area contributed by atoms with Gasteiger partial charge in [0.1, 0.15) is 0 Å². The molecule has 0 spiro atoms. The van der Waals surface area contributed by atoms with Crippen molar-refractivity contribution in [1.29, 1.82) is 0 Å². The molecule has 1 heterocycles. The smallest absolute Gasteiger partial charge is 0.337 e. The molecule has 7 nitrogen and oxygen atoms in total. The number of amides is 1. The zero-order valence-electron chi connectivity index (χ0n) is 16.3. The minimum Gasteiger partial charge on any atom is -0.465 e. The molecule has 1 aliphatic rings. The molecule has 3 rings (SSSR count). The van der Waals surface area contributed by atoms with Crippen LogP contribution in [-0.4, -0.2) is 51.3 Å². The van der Waals surface area contributed by atoms with Crippen molar-refractivity contribution in [1.82, 2.24) is 9.62 Å².